The number of rotatable bonds is 5. The van der Waals surface area contributed by atoms with Gasteiger partial charge in [0.2, 0.25) is 5.91 Å². The number of imidazole rings is 1. The van der Waals surface area contributed by atoms with Gasteiger partial charge in [-0.1, -0.05) is 42.0 Å². The Kier molecular flexibility index (Phi) is 5.44. The summed E-state index contributed by atoms with van der Waals surface area (Å²) in [6.45, 7) is 5.39. The number of carbonyl (C=O) groups is 1. The molecule has 1 aliphatic rings. The highest BCUT2D eigenvalue weighted by atomic mass is 16.1. The summed E-state index contributed by atoms with van der Waals surface area (Å²) < 4.78 is 2.18. The van der Waals surface area contributed by atoms with Gasteiger partial charge < -0.3 is 9.88 Å². The molecule has 1 aromatic heterocycles. The van der Waals surface area contributed by atoms with E-state index >= 15 is 0 Å². The van der Waals surface area contributed by atoms with E-state index in [1.54, 1.807) is 0 Å². The molecule has 1 saturated heterocycles. The molecular weight excluding hydrogens is 348 g/mol. The Morgan fingerprint density at radius 2 is 1.82 bits per heavy atom. The second kappa shape index (κ2) is 8.15. The number of carbonyl (C=O) groups excluding carboxylic acids is 1. The first kappa shape index (κ1) is 18.7. The molecule has 1 aliphatic heterocycles. The van der Waals surface area contributed by atoms with Crippen LogP contribution in [0.2, 0.25) is 0 Å². The maximum absolute atomic E-state index is 12.5. The molecule has 0 bridgehead atoms. The Bertz CT molecular complexity index is 952. The topological polar surface area (TPSA) is 50.2 Å². The minimum absolute atomic E-state index is 0.113. The van der Waals surface area contributed by atoms with Gasteiger partial charge in [-0.15, -0.1) is 0 Å². The number of likely N-dealkylation sites (tertiary alicyclic amines) is 1. The standard InChI is InChI=1S/C23H28N4O/c1-17-7-9-18(10-8-17)15-24-23(28)19-11-13-27(14-12-19)16-22-25-20-5-3-4-6-21(20)26(22)2/h3-10,19H,11-16H2,1-2H3,(H,24,28). The first-order chi connectivity index (χ1) is 13.6. The lowest BCUT2D eigenvalue weighted by Crippen LogP contribution is -2.40. The van der Waals surface area contributed by atoms with Crippen LogP contribution in [0.3, 0.4) is 0 Å². The molecule has 2 heterocycles. The lowest BCUT2D eigenvalue weighted by molar-refractivity contribution is -0.126. The Morgan fingerprint density at radius 3 is 2.54 bits per heavy atom. The first-order valence-electron chi connectivity index (χ1n) is 10.1. The van der Waals surface area contributed by atoms with E-state index < -0.39 is 0 Å². The normalized spacial score (nSPS) is 15.8. The van der Waals surface area contributed by atoms with Crippen LogP contribution in [-0.4, -0.2) is 33.4 Å². The predicted molar refractivity (Wildman–Crippen MR) is 112 cm³/mol. The number of aryl methyl sites for hydroxylation is 2. The van der Waals surface area contributed by atoms with Crippen LogP contribution in [-0.2, 0) is 24.9 Å². The second-order valence-electron chi connectivity index (χ2n) is 7.83. The third kappa shape index (κ3) is 4.09. The number of hydrogen-bond acceptors (Lipinski definition) is 3. The molecule has 28 heavy (non-hydrogen) atoms. The quantitative estimate of drug-likeness (QED) is 0.742. The lowest BCUT2D eigenvalue weighted by Gasteiger charge is -2.31. The SMILES string of the molecule is Cc1ccc(CNC(=O)C2CCN(Cc3nc4ccccc4n3C)CC2)cc1. The fraction of sp³-hybridized carbons (Fsp3) is 0.391. The predicted octanol–water partition coefficient (Wildman–Crippen LogP) is 3.41. The molecule has 0 radical (unpaired) electrons. The zero-order valence-corrected chi connectivity index (χ0v) is 16.7. The average Bonchev–Trinajstić information content (AvgIpc) is 3.03. The maximum Gasteiger partial charge on any atom is 0.223 e. The van der Waals surface area contributed by atoms with E-state index in [2.05, 4.69) is 71.2 Å². The maximum atomic E-state index is 12.5. The number of aromatic nitrogens is 2. The van der Waals surface area contributed by atoms with Crippen LogP contribution in [0.4, 0.5) is 0 Å². The van der Waals surface area contributed by atoms with E-state index in [-0.39, 0.29) is 11.8 Å². The highest BCUT2D eigenvalue weighted by molar-refractivity contribution is 5.78. The molecule has 3 aromatic rings. The van der Waals surface area contributed by atoms with Crippen LogP contribution >= 0.6 is 0 Å². The van der Waals surface area contributed by atoms with Gasteiger partial charge in [-0.3, -0.25) is 9.69 Å². The molecule has 0 saturated carbocycles. The largest absolute Gasteiger partial charge is 0.352 e. The third-order valence-corrected chi connectivity index (χ3v) is 5.79. The van der Waals surface area contributed by atoms with Crippen LogP contribution in [0.5, 0.6) is 0 Å². The third-order valence-electron chi connectivity index (χ3n) is 5.79. The molecule has 5 nitrogen and oxygen atoms in total. The van der Waals surface area contributed by atoms with Crippen molar-refractivity contribution in [3.63, 3.8) is 0 Å². The van der Waals surface area contributed by atoms with Gasteiger partial charge in [-0.25, -0.2) is 4.98 Å². The molecule has 146 valence electrons. The highest BCUT2D eigenvalue weighted by Gasteiger charge is 2.25. The smallest absolute Gasteiger partial charge is 0.223 e. The molecule has 0 spiro atoms. The summed E-state index contributed by atoms with van der Waals surface area (Å²) in [5.41, 5.74) is 4.61. The van der Waals surface area contributed by atoms with E-state index in [0.717, 1.165) is 49.4 Å². The van der Waals surface area contributed by atoms with E-state index in [1.165, 1.54) is 11.1 Å². The number of fused-ring (bicyclic) bond motifs is 1. The molecule has 0 unspecified atom stereocenters. The fourth-order valence-corrected chi connectivity index (χ4v) is 3.93. The van der Waals surface area contributed by atoms with Crippen molar-refractivity contribution in [2.45, 2.75) is 32.9 Å². The van der Waals surface area contributed by atoms with Gasteiger partial charge in [0.05, 0.1) is 17.6 Å². The van der Waals surface area contributed by atoms with Crippen LogP contribution in [0.1, 0.15) is 29.8 Å². The zero-order chi connectivity index (χ0) is 19.5. The van der Waals surface area contributed by atoms with Gasteiger partial charge in [-0.2, -0.15) is 0 Å². The number of nitrogens with one attached hydrogen (secondary N) is 1. The summed E-state index contributed by atoms with van der Waals surface area (Å²) >= 11 is 0. The summed E-state index contributed by atoms with van der Waals surface area (Å²) in [4.78, 5) is 19.7. The average molecular weight is 377 g/mol. The Hall–Kier alpha value is -2.66. The number of benzene rings is 2. The zero-order valence-electron chi connectivity index (χ0n) is 16.7. The van der Waals surface area contributed by atoms with Crippen molar-refractivity contribution in [1.82, 2.24) is 19.8 Å². The van der Waals surface area contributed by atoms with Crippen molar-refractivity contribution >= 4 is 16.9 Å². The van der Waals surface area contributed by atoms with Gasteiger partial charge in [0.1, 0.15) is 5.82 Å². The number of para-hydroxylation sites is 2. The molecule has 5 heteroatoms. The number of piperidine rings is 1. The van der Waals surface area contributed by atoms with E-state index in [4.69, 9.17) is 4.98 Å². The van der Waals surface area contributed by atoms with Crippen molar-refractivity contribution in [3.05, 3.63) is 65.5 Å². The van der Waals surface area contributed by atoms with Crippen molar-refractivity contribution < 1.29 is 4.79 Å². The minimum atomic E-state index is 0.113. The number of amides is 1. The highest BCUT2D eigenvalue weighted by Crippen LogP contribution is 2.21. The summed E-state index contributed by atoms with van der Waals surface area (Å²) in [5, 5.41) is 3.11. The van der Waals surface area contributed by atoms with Crippen LogP contribution in [0, 0.1) is 12.8 Å². The van der Waals surface area contributed by atoms with Gasteiger partial charge in [0, 0.05) is 19.5 Å². The summed E-state index contributed by atoms with van der Waals surface area (Å²) in [6.07, 6.45) is 1.81. The molecule has 4 rings (SSSR count). The number of hydrogen-bond donors (Lipinski definition) is 1. The van der Waals surface area contributed by atoms with Crippen LogP contribution in [0.25, 0.3) is 11.0 Å². The Morgan fingerprint density at radius 1 is 1.11 bits per heavy atom. The minimum Gasteiger partial charge on any atom is -0.352 e. The van der Waals surface area contributed by atoms with E-state index in [0.29, 0.717) is 6.54 Å². The van der Waals surface area contributed by atoms with Crippen LogP contribution in [0.15, 0.2) is 48.5 Å². The summed E-state index contributed by atoms with van der Waals surface area (Å²) in [7, 11) is 2.08. The van der Waals surface area contributed by atoms with Crippen molar-refractivity contribution in [1.29, 1.82) is 0 Å². The van der Waals surface area contributed by atoms with Gasteiger partial charge in [0.25, 0.3) is 0 Å². The van der Waals surface area contributed by atoms with E-state index in [1.807, 2.05) is 6.07 Å². The van der Waals surface area contributed by atoms with Gasteiger partial charge >= 0.3 is 0 Å². The molecular formula is C23H28N4O. The monoisotopic (exact) mass is 376 g/mol. The van der Waals surface area contributed by atoms with E-state index in [9.17, 15) is 4.79 Å². The summed E-state index contributed by atoms with van der Waals surface area (Å²) in [5.74, 6) is 1.38. The Balaban J connectivity index is 1.28. The first-order valence-corrected chi connectivity index (χ1v) is 10.1. The van der Waals surface area contributed by atoms with Crippen molar-refractivity contribution in [3.8, 4) is 0 Å². The van der Waals surface area contributed by atoms with Crippen molar-refractivity contribution in [2.24, 2.45) is 13.0 Å². The van der Waals surface area contributed by atoms with Crippen LogP contribution < -0.4 is 5.32 Å². The molecule has 1 amide bonds. The molecule has 0 atom stereocenters. The van der Waals surface area contributed by atoms with Crippen molar-refractivity contribution in [2.75, 3.05) is 13.1 Å². The van der Waals surface area contributed by atoms with Gasteiger partial charge in [-0.05, 0) is 50.6 Å². The molecule has 2 aromatic carbocycles. The number of nitrogens with zero attached hydrogens (tertiary/aromatic N) is 3. The van der Waals surface area contributed by atoms with Gasteiger partial charge in [0.15, 0.2) is 0 Å². The lowest BCUT2D eigenvalue weighted by atomic mass is 9.96. The Labute approximate surface area is 166 Å². The molecule has 0 aliphatic carbocycles. The second-order valence-corrected chi connectivity index (χ2v) is 7.83. The molecule has 1 N–H and O–H groups in total. The fourth-order valence-electron chi connectivity index (χ4n) is 3.93. The summed E-state index contributed by atoms with van der Waals surface area (Å²) in [6, 6.07) is 16.6. The molecule has 1 fully saturated rings.